The molecular formula is C17H25NO2. The molecule has 0 atom stereocenters. The number of rotatable bonds is 5. The van der Waals surface area contributed by atoms with E-state index in [0.29, 0.717) is 0 Å². The first-order chi connectivity index (χ1) is 9.65. The lowest BCUT2D eigenvalue weighted by Gasteiger charge is -2.28. The standard InChI is InChI=1S/C17H25NO2/c1-18(13-17(19)8-2-3-9-17)10-6-14-4-5-16-15(12-14)7-11-20-16/h4-5,12,19H,2-3,6-11,13H2,1H3. The molecule has 3 rings (SSSR count). The van der Waals surface area contributed by atoms with E-state index in [4.69, 9.17) is 4.74 Å². The van der Waals surface area contributed by atoms with Gasteiger partial charge in [-0.05, 0) is 43.5 Å². The number of ether oxygens (including phenoxy) is 1. The second kappa shape index (κ2) is 5.74. The summed E-state index contributed by atoms with van der Waals surface area (Å²) in [5, 5.41) is 10.4. The van der Waals surface area contributed by atoms with Crippen molar-refractivity contribution in [1.82, 2.24) is 4.90 Å². The van der Waals surface area contributed by atoms with Gasteiger partial charge in [0.2, 0.25) is 0 Å². The van der Waals surface area contributed by atoms with Crippen molar-refractivity contribution >= 4 is 0 Å². The molecule has 1 fully saturated rings. The molecule has 3 heteroatoms. The van der Waals surface area contributed by atoms with Crippen LogP contribution in [0.2, 0.25) is 0 Å². The van der Waals surface area contributed by atoms with Crippen molar-refractivity contribution in [2.75, 3.05) is 26.7 Å². The van der Waals surface area contributed by atoms with Crippen LogP contribution in [0.25, 0.3) is 0 Å². The normalized spacial score (nSPS) is 20.1. The average Bonchev–Trinajstić information content (AvgIpc) is 3.04. The summed E-state index contributed by atoms with van der Waals surface area (Å²) in [6.07, 6.45) is 6.37. The third kappa shape index (κ3) is 3.15. The Hall–Kier alpha value is -1.06. The van der Waals surface area contributed by atoms with Crippen molar-refractivity contribution in [2.45, 2.75) is 44.1 Å². The van der Waals surface area contributed by atoms with Crippen molar-refractivity contribution in [2.24, 2.45) is 0 Å². The molecule has 0 aromatic heterocycles. The van der Waals surface area contributed by atoms with Gasteiger partial charge in [0.25, 0.3) is 0 Å². The van der Waals surface area contributed by atoms with Gasteiger partial charge in [-0.3, -0.25) is 0 Å². The zero-order valence-electron chi connectivity index (χ0n) is 12.4. The molecule has 0 bridgehead atoms. The number of nitrogens with zero attached hydrogens (tertiary/aromatic N) is 1. The minimum absolute atomic E-state index is 0.430. The number of benzene rings is 1. The molecule has 1 aliphatic carbocycles. The predicted octanol–water partition coefficient (Wildman–Crippen LogP) is 2.40. The smallest absolute Gasteiger partial charge is 0.122 e. The molecule has 1 N–H and O–H groups in total. The number of hydrogen-bond acceptors (Lipinski definition) is 3. The highest BCUT2D eigenvalue weighted by molar-refractivity contribution is 5.39. The van der Waals surface area contributed by atoms with Gasteiger partial charge in [0.15, 0.2) is 0 Å². The number of fused-ring (bicyclic) bond motifs is 1. The van der Waals surface area contributed by atoms with Gasteiger partial charge >= 0.3 is 0 Å². The summed E-state index contributed by atoms with van der Waals surface area (Å²) in [4.78, 5) is 2.27. The molecule has 0 unspecified atom stereocenters. The van der Waals surface area contributed by atoms with Gasteiger partial charge < -0.3 is 14.7 Å². The number of likely N-dealkylation sites (N-methyl/N-ethyl adjacent to an activating group) is 1. The Morgan fingerprint density at radius 3 is 2.90 bits per heavy atom. The van der Waals surface area contributed by atoms with E-state index in [1.165, 1.54) is 24.0 Å². The molecule has 0 amide bonds. The molecule has 1 aliphatic heterocycles. The first-order valence-corrected chi connectivity index (χ1v) is 7.80. The monoisotopic (exact) mass is 275 g/mol. The van der Waals surface area contributed by atoms with E-state index >= 15 is 0 Å². The van der Waals surface area contributed by atoms with E-state index in [9.17, 15) is 5.11 Å². The van der Waals surface area contributed by atoms with Crippen molar-refractivity contribution < 1.29 is 9.84 Å². The molecule has 1 heterocycles. The Kier molecular flexibility index (Phi) is 3.99. The molecule has 0 saturated heterocycles. The number of aliphatic hydroxyl groups is 1. The van der Waals surface area contributed by atoms with E-state index in [1.54, 1.807) is 0 Å². The fourth-order valence-corrected chi connectivity index (χ4v) is 3.49. The van der Waals surface area contributed by atoms with Crippen LogP contribution in [-0.4, -0.2) is 42.4 Å². The second-order valence-corrected chi connectivity index (χ2v) is 6.46. The van der Waals surface area contributed by atoms with Crippen molar-refractivity contribution in [3.05, 3.63) is 29.3 Å². The zero-order chi connectivity index (χ0) is 14.0. The molecule has 0 radical (unpaired) electrons. The highest BCUT2D eigenvalue weighted by Crippen LogP contribution is 2.30. The lowest BCUT2D eigenvalue weighted by atomic mass is 10.0. The van der Waals surface area contributed by atoms with E-state index in [1.807, 2.05) is 0 Å². The maximum atomic E-state index is 10.4. The Morgan fingerprint density at radius 1 is 1.30 bits per heavy atom. The largest absolute Gasteiger partial charge is 0.493 e. The molecule has 3 nitrogen and oxygen atoms in total. The van der Waals surface area contributed by atoms with Gasteiger partial charge in [0.1, 0.15) is 5.75 Å². The summed E-state index contributed by atoms with van der Waals surface area (Å²) < 4.78 is 5.54. The van der Waals surface area contributed by atoms with Crippen LogP contribution >= 0.6 is 0 Å². The first-order valence-electron chi connectivity index (χ1n) is 7.80. The third-order valence-electron chi connectivity index (χ3n) is 4.63. The fraction of sp³-hybridized carbons (Fsp3) is 0.647. The molecular weight excluding hydrogens is 250 g/mol. The highest BCUT2D eigenvalue weighted by atomic mass is 16.5. The minimum Gasteiger partial charge on any atom is -0.493 e. The Bertz CT molecular complexity index is 466. The van der Waals surface area contributed by atoms with Gasteiger partial charge in [0.05, 0.1) is 12.2 Å². The summed E-state index contributed by atoms with van der Waals surface area (Å²) in [5.74, 6) is 1.06. The molecule has 1 aromatic rings. The van der Waals surface area contributed by atoms with Crippen LogP contribution in [0.5, 0.6) is 5.75 Å². The van der Waals surface area contributed by atoms with Gasteiger partial charge in [-0.25, -0.2) is 0 Å². The van der Waals surface area contributed by atoms with E-state index in [0.717, 1.165) is 51.1 Å². The Morgan fingerprint density at radius 2 is 2.10 bits per heavy atom. The van der Waals surface area contributed by atoms with Gasteiger partial charge in [-0.1, -0.05) is 25.0 Å². The lowest BCUT2D eigenvalue weighted by molar-refractivity contribution is 0.0167. The quantitative estimate of drug-likeness (QED) is 0.895. The van der Waals surface area contributed by atoms with Crippen LogP contribution in [0.1, 0.15) is 36.8 Å². The van der Waals surface area contributed by atoms with Crippen molar-refractivity contribution in [3.8, 4) is 5.75 Å². The van der Waals surface area contributed by atoms with Gasteiger partial charge in [-0.2, -0.15) is 0 Å². The van der Waals surface area contributed by atoms with Crippen LogP contribution < -0.4 is 4.74 Å². The third-order valence-corrected chi connectivity index (χ3v) is 4.63. The van der Waals surface area contributed by atoms with Crippen molar-refractivity contribution in [1.29, 1.82) is 0 Å². The zero-order valence-corrected chi connectivity index (χ0v) is 12.4. The summed E-state index contributed by atoms with van der Waals surface area (Å²) in [6.45, 7) is 2.63. The maximum absolute atomic E-state index is 10.4. The highest BCUT2D eigenvalue weighted by Gasteiger charge is 2.31. The molecule has 2 aliphatic rings. The van der Waals surface area contributed by atoms with Crippen molar-refractivity contribution in [3.63, 3.8) is 0 Å². The van der Waals surface area contributed by atoms with Crippen LogP contribution in [0.4, 0.5) is 0 Å². The Labute approximate surface area is 121 Å². The van der Waals surface area contributed by atoms with Gasteiger partial charge in [0, 0.05) is 19.5 Å². The summed E-state index contributed by atoms with van der Waals surface area (Å²) in [5.41, 5.74) is 2.29. The maximum Gasteiger partial charge on any atom is 0.122 e. The average molecular weight is 275 g/mol. The van der Waals surface area contributed by atoms with Crippen LogP contribution in [0.3, 0.4) is 0 Å². The first kappa shape index (κ1) is 13.9. The SMILES string of the molecule is CN(CCc1ccc2c(c1)CCO2)CC1(O)CCCC1. The van der Waals surface area contributed by atoms with E-state index in [-0.39, 0.29) is 0 Å². The van der Waals surface area contributed by atoms with Gasteiger partial charge in [-0.15, -0.1) is 0 Å². The summed E-state index contributed by atoms with van der Waals surface area (Å²) >= 11 is 0. The van der Waals surface area contributed by atoms with Crippen LogP contribution in [0.15, 0.2) is 18.2 Å². The molecule has 20 heavy (non-hydrogen) atoms. The van der Waals surface area contributed by atoms with Crippen LogP contribution in [-0.2, 0) is 12.8 Å². The summed E-state index contributed by atoms with van der Waals surface area (Å²) in [7, 11) is 2.12. The Balaban J connectivity index is 1.51. The van der Waals surface area contributed by atoms with E-state index < -0.39 is 5.60 Å². The van der Waals surface area contributed by atoms with E-state index in [2.05, 4.69) is 30.1 Å². The minimum atomic E-state index is -0.430. The lowest BCUT2D eigenvalue weighted by Crippen LogP contribution is -2.39. The van der Waals surface area contributed by atoms with Crippen LogP contribution in [0, 0.1) is 0 Å². The number of hydrogen-bond donors (Lipinski definition) is 1. The molecule has 110 valence electrons. The topological polar surface area (TPSA) is 32.7 Å². The fourth-order valence-electron chi connectivity index (χ4n) is 3.49. The second-order valence-electron chi connectivity index (χ2n) is 6.46. The molecule has 1 aromatic carbocycles. The summed E-state index contributed by atoms with van der Waals surface area (Å²) in [6, 6.07) is 6.55. The molecule has 1 saturated carbocycles. The predicted molar refractivity (Wildman–Crippen MR) is 80.3 cm³/mol. The molecule has 0 spiro atoms.